The third kappa shape index (κ3) is 1.91. The van der Waals surface area contributed by atoms with Crippen LogP contribution in [0.25, 0.3) is 0 Å². The molecule has 0 aromatic heterocycles. The van der Waals surface area contributed by atoms with Crippen molar-refractivity contribution in [2.45, 2.75) is 32.2 Å². The molecule has 0 aliphatic carbocycles. The topological polar surface area (TPSA) is 29.3 Å². The van der Waals surface area contributed by atoms with Crippen LogP contribution in [0.5, 0.6) is 0 Å². The summed E-state index contributed by atoms with van der Waals surface area (Å²) >= 11 is 6.21. The maximum atomic E-state index is 6.21. The number of anilines is 2. The van der Waals surface area contributed by atoms with Crippen LogP contribution in [0.15, 0.2) is 18.2 Å². The first-order chi connectivity index (χ1) is 7.24. The molecule has 3 heteroatoms. The Kier molecular flexibility index (Phi) is 3.06. The van der Waals surface area contributed by atoms with Gasteiger partial charge < -0.3 is 10.6 Å². The van der Waals surface area contributed by atoms with Crippen molar-refractivity contribution in [2.75, 3.05) is 17.2 Å². The highest BCUT2D eigenvalue weighted by Gasteiger charge is 2.25. The summed E-state index contributed by atoms with van der Waals surface area (Å²) in [6.07, 6.45) is 3.65. The first-order valence-electron chi connectivity index (χ1n) is 5.54. The van der Waals surface area contributed by atoms with Crippen molar-refractivity contribution in [3.05, 3.63) is 23.2 Å². The van der Waals surface area contributed by atoms with Crippen molar-refractivity contribution < 1.29 is 0 Å². The lowest BCUT2D eigenvalue weighted by molar-refractivity contribution is 0.646. The van der Waals surface area contributed by atoms with Gasteiger partial charge in [0.05, 0.1) is 16.4 Å². The number of para-hydroxylation sites is 1. The molecule has 15 heavy (non-hydrogen) atoms. The van der Waals surface area contributed by atoms with Crippen molar-refractivity contribution in [1.82, 2.24) is 0 Å². The van der Waals surface area contributed by atoms with Crippen LogP contribution < -0.4 is 10.6 Å². The van der Waals surface area contributed by atoms with Gasteiger partial charge in [0.2, 0.25) is 0 Å². The van der Waals surface area contributed by atoms with Gasteiger partial charge in [-0.25, -0.2) is 0 Å². The van der Waals surface area contributed by atoms with Crippen LogP contribution in [0.4, 0.5) is 11.4 Å². The Labute approximate surface area is 96.0 Å². The number of halogens is 1. The molecule has 1 unspecified atom stereocenters. The third-order valence-electron chi connectivity index (χ3n) is 3.15. The highest BCUT2D eigenvalue weighted by Crippen LogP contribution is 2.37. The quantitative estimate of drug-likeness (QED) is 0.782. The predicted octanol–water partition coefficient (Wildman–Crippen LogP) is 3.30. The van der Waals surface area contributed by atoms with Crippen LogP contribution in [0, 0.1) is 0 Å². The molecule has 1 aliphatic heterocycles. The third-order valence-corrected chi connectivity index (χ3v) is 3.46. The van der Waals surface area contributed by atoms with E-state index in [1.807, 2.05) is 18.2 Å². The largest absolute Gasteiger partial charge is 0.397 e. The zero-order valence-electron chi connectivity index (χ0n) is 9.04. The average molecular weight is 225 g/mol. The SMILES string of the molecule is CCC1CCCN1c1c(N)cccc1Cl. The van der Waals surface area contributed by atoms with E-state index in [1.54, 1.807) is 0 Å². The molecule has 1 saturated heterocycles. The lowest BCUT2D eigenvalue weighted by Gasteiger charge is -2.28. The first kappa shape index (κ1) is 10.6. The Morgan fingerprint density at radius 1 is 1.53 bits per heavy atom. The van der Waals surface area contributed by atoms with Crippen molar-refractivity contribution >= 4 is 23.0 Å². The van der Waals surface area contributed by atoms with Gasteiger partial charge >= 0.3 is 0 Å². The molecule has 0 spiro atoms. The fourth-order valence-corrected chi connectivity index (χ4v) is 2.68. The molecule has 0 bridgehead atoms. The second-order valence-electron chi connectivity index (χ2n) is 4.08. The summed E-state index contributed by atoms with van der Waals surface area (Å²) in [4.78, 5) is 2.36. The second-order valence-corrected chi connectivity index (χ2v) is 4.48. The summed E-state index contributed by atoms with van der Waals surface area (Å²) in [5, 5.41) is 0.773. The molecule has 1 fully saturated rings. The molecule has 1 aromatic rings. The predicted molar refractivity (Wildman–Crippen MR) is 66.5 cm³/mol. The number of nitrogen functional groups attached to an aromatic ring is 1. The average Bonchev–Trinajstić information content (AvgIpc) is 2.65. The number of nitrogens with two attached hydrogens (primary N) is 1. The van der Waals surface area contributed by atoms with Crippen LogP contribution in [-0.2, 0) is 0 Å². The van der Waals surface area contributed by atoms with Gasteiger partial charge in [-0.3, -0.25) is 0 Å². The highest BCUT2D eigenvalue weighted by molar-refractivity contribution is 6.34. The van der Waals surface area contributed by atoms with Crippen molar-refractivity contribution in [1.29, 1.82) is 0 Å². The number of rotatable bonds is 2. The lowest BCUT2D eigenvalue weighted by Crippen LogP contribution is -2.29. The summed E-state index contributed by atoms with van der Waals surface area (Å²) in [6, 6.07) is 6.34. The maximum absolute atomic E-state index is 6.21. The summed E-state index contributed by atoms with van der Waals surface area (Å²) in [5.74, 6) is 0. The van der Waals surface area contributed by atoms with Gasteiger partial charge in [-0.1, -0.05) is 24.6 Å². The zero-order valence-corrected chi connectivity index (χ0v) is 9.80. The minimum Gasteiger partial charge on any atom is -0.397 e. The molecule has 0 amide bonds. The van der Waals surface area contributed by atoms with Crippen molar-refractivity contribution in [3.63, 3.8) is 0 Å². The normalized spacial score (nSPS) is 20.9. The number of nitrogens with zero attached hydrogens (tertiary/aromatic N) is 1. The van der Waals surface area contributed by atoms with E-state index in [0.29, 0.717) is 6.04 Å². The van der Waals surface area contributed by atoms with Gasteiger partial charge in [0.25, 0.3) is 0 Å². The highest BCUT2D eigenvalue weighted by atomic mass is 35.5. The van der Waals surface area contributed by atoms with E-state index >= 15 is 0 Å². The van der Waals surface area contributed by atoms with Gasteiger partial charge in [-0.2, -0.15) is 0 Å². The first-order valence-corrected chi connectivity index (χ1v) is 5.92. The Balaban J connectivity index is 2.36. The van der Waals surface area contributed by atoms with E-state index in [9.17, 15) is 0 Å². The van der Waals surface area contributed by atoms with Gasteiger partial charge in [-0.05, 0) is 31.4 Å². The molecule has 0 saturated carbocycles. The zero-order chi connectivity index (χ0) is 10.8. The van der Waals surface area contributed by atoms with E-state index < -0.39 is 0 Å². The molecule has 1 aliphatic rings. The Hall–Kier alpha value is -0.890. The molecular weight excluding hydrogens is 208 g/mol. The van der Waals surface area contributed by atoms with E-state index in [1.165, 1.54) is 12.8 Å². The molecule has 2 nitrogen and oxygen atoms in total. The van der Waals surface area contributed by atoms with E-state index in [0.717, 1.165) is 29.4 Å². The molecule has 2 N–H and O–H groups in total. The molecule has 0 radical (unpaired) electrons. The van der Waals surface area contributed by atoms with Gasteiger partial charge in [-0.15, -0.1) is 0 Å². The van der Waals surface area contributed by atoms with Gasteiger partial charge in [0.15, 0.2) is 0 Å². The van der Waals surface area contributed by atoms with Crippen molar-refractivity contribution in [3.8, 4) is 0 Å². The van der Waals surface area contributed by atoms with Crippen LogP contribution in [0.3, 0.4) is 0 Å². The van der Waals surface area contributed by atoms with Crippen LogP contribution >= 0.6 is 11.6 Å². The molecule has 1 aromatic carbocycles. The summed E-state index contributed by atoms with van der Waals surface area (Å²) in [6.45, 7) is 3.29. The van der Waals surface area contributed by atoms with E-state index in [4.69, 9.17) is 17.3 Å². The summed E-state index contributed by atoms with van der Waals surface area (Å²) < 4.78 is 0. The molecule has 1 heterocycles. The van der Waals surface area contributed by atoms with Gasteiger partial charge in [0, 0.05) is 12.6 Å². The smallest absolute Gasteiger partial charge is 0.0791 e. The minimum atomic E-state index is 0.604. The summed E-state index contributed by atoms with van der Waals surface area (Å²) in [7, 11) is 0. The van der Waals surface area contributed by atoms with Crippen molar-refractivity contribution in [2.24, 2.45) is 0 Å². The monoisotopic (exact) mass is 224 g/mol. The molecular formula is C12H17ClN2. The standard InChI is InChI=1S/C12H17ClN2/c1-2-9-5-4-8-15(9)12-10(13)6-3-7-11(12)14/h3,6-7,9H,2,4-5,8,14H2,1H3. The minimum absolute atomic E-state index is 0.604. The fourth-order valence-electron chi connectivity index (χ4n) is 2.39. The number of hydrogen-bond donors (Lipinski definition) is 1. The molecule has 82 valence electrons. The second kappa shape index (κ2) is 4.31. The number of hydrogen-bond acceptors (Lipinski definition) is 2. The van der Waals surface area contributed by atoms with Crippen LogP contribution in [0.2, 0.25) is 5.02 Å². The Morgan fingerprint density at radius 2 is 2.33 bits per heavy atom. The van der Waals surface area contributed by atoms with Crippen LogP contribution in [-0.4, -0.2) is 12.6 Å². The Bertz CT molecular complexity index is 331. The van der Waals surface area contributed by atoms with E-state index in [-0.39, 0.29) is 0 Å². The maximum Gasteiger partial charge on any atom is 0.0791 e. The lowest BCUT2D eigenvalue weighted by atomic mass is 10.1. The van der Waals surface area contributed by atoms with Crippen LogP contribution in [0.1, 0.15) is 26.2 Å². The summed E-state index contributed by atoms with van der Waals surface area (Å²) in [5.41, 5.74) is 7.82. The Morgan fingerprint density at radius 3 is 3.00 bits per heavy atom. The molecule has 1 atom stereocenters. The van der Waals surface area contributed by atoms with Gasteiger partial charge in [0.1, 0.15) is 0 Å². The number of benzene rings is 1. The fraction of sp³-hybridized carbons (Fsp3) is 0.500. The molecule has 2 rings (SSSR count). The van der Waals surface area contributed by atoms with E-state index in [2.05, 4.69) is 11.8 Å².